The van der Waals surface area contributed by atoms with Crippen molar-refractivity contribution in [3.63, 3.8) is 0 Å². The van der Waals surface area contributed by atoms with E-state index in [1.54, 1.807) is 24.3 Å². The molecular formula is C21H15Cl2N3O3S. The van der Waals surface area contributed by atoms with Crippen LogP contribution >= 0.6 is 35.0 Å². The van der Waals surface area contributed by atoms with Crippen LogP contribution in [0.1, 0.15) is 29.0 Å². The summed E-state index contributed by atoms with van der Waals surface area (Å²) >= 11 is 13.1. The van der Waals surface area contributed by atoms with Gasteiger partial charge in [0.25, 0.3) is 0 Å². The van der Waals surface area contributed by atoms with Crippen molar-refractivity contribution in [2.24, 2.45) is 4.99 Å². The Labute approximate surface area is 187 Å². The molecule has 0 fully saturated rings. The fraction of sp³-hybridized carbons (Fsp3) is 0.143. The van der Waals surface area contributed by atoms with Crippen molar-refractivity contribution < 1.29 is 14.0 Å². The fourth-order valence-electron chi connectivity index (χ4n) is 3.05. The smallest absolute Gasteiger partial charge is 0.174 e. The van der Waals surface area contributed by atoms with E-state index in [1.807, 2.05) is 0 Å². The molecule has 1 aromatic carbocycles. The number of thioether (sulfide) groups is 1. The minimum absolute atomic E-state index is 0.000428. The van der Waals surface area contributed by atoms with Gasteiger partial charge in [-0.3, -0.25) is 9.59 Å². The van der Waals surface area contributed by atoms with Crippen molar-refractivity contribution in [2.45, 2.75) is 12.8 Å². The van der Waals surface area contributed by atoms with Gasteiger partial charge in [-0.2, -0.15) is 5.26 Å². The summed E-state index contributed by atoms with van der Waals surface area (Å²) in [4.78, 5) is 28.9. The van der Waals surface area contributed by atoms with Gasteiger partial charge in [0.05, 0.1) is 45.2 Å². The van der Waals surface area contributed by atoms with Gasteiger partial charge in [-0.1, -0.05) is 35.0 Å². The highest BCUT2D eigenvalue weighted by atomic mass is 35.5. The predicted molar refractivity (Wildman–Crippen MR) is 118 cm³/mol. The van der Waals surface area contributed by atoms with Crippen LogP contribution in [0.3, 0.4) is 0 Å². The topological polar surface area (TPSA) is 95.5 Å². The first-order valence-electron chi connectivity index (χ1n) is 8.65. The lowest BCUT2D eigenvalue weighted by atomic mass is 9.85. The third-order valence-corrected chi connectivity index (χ3v) is 5.94. The van der Waals surface area contributed by atoms with Crippen LogP contribution in [-0.2, 0) is 4.79 Å². The van der Waals surface area contributed by atoms with E-state index in [-0.39, 0.29) is 39.3 Å². The average molecular weight is 460 g/mol. The van der Waals surface area contributed by atoms with Gasteiger partial charge >= 0.3 is 0 Å². The summed E-state index contributed by atoms with van der Waals surface area (Å²) in [6.07, 6.45) is 1.46. The number of carbonyl (C=O) groups is 2. The van der Waals surface area contributed by atoms with E-state index in [0.29, 0.717) is 21.4 Å². The Morgan fingerprint density at radius 2 is 2.13 bits per heavy atom. The summed E-state index contributed by atoms with van der Waals surface area (Å²) in [7, 11) is 0. The lowest BCUT2D eigenvalue weighted by Gasteiger charge is -2.27. The van der Waals surface area contributed by atoms with Gasteiger partial charge in [0, 0.05) is 10.6 Å². The van der Waals surface area contributed by atoms with Gasteiger partial charge in [-0.15, -0.1) is 0 Å². The van der Waals surface area contributed by atoms with Crippen LogP contribution in [0.25, 0.3) is 0 Å². The largest absolute Gasteiger partial charge is 0.468 e. The van der Waals surface area contributed by atoms with E-state index in [1.165, 1.54) is 19.3 Å². The molecular weight excluding hydrogens is 445 g/mol. The molecule has 0 saturated carbocycles. The van der Waals surface area contributed by atoms with Crippen LogP contribution < -0.4 is 5.32 Å². The number of furan rings is 1. The van der Waals surface area contributed by atoms with Gasteiger partial charge < -0.3 is 9.73 Å². The maximum absolute atomic E-state index is 12.6. The lowest BCUT2D eigenvalue weighted by molar-refractivity contribution is -0.113. The number of Topliss-reactive ketones (excluding diaryl/α,β-unsaturated/α-hetero) is 2. The van der Waals surface area contributed by atoms with E-state index in [0.717, 1.165) is 11.8 Å². The highest BCUT2D eigenvalue weighted by Crippen LogP contribution is 2.41. The number of hydrogen-bond donors (Lipinski definition) is 1. The summed E-state index contributed by atoms with van der Waals surface area (Å²) < 4.78 is 5.48. The number of hydrogen-bond acceptors (Lipinski definition) is 7. The minimum atomic E-state index is -0.749. The quantitative estimate of drug-likeness (QED) is 0.455. The molecule has 0 radical (unpaired) electrons. The molecule has 0 saturated heterocycles. The molecule has 3 rings (SSSR count). The second-order valence-corrected chi connectivity index (χ2v) is 8.07. The number of carbonyl (C=O) groups excluding carboxylic acids is 2. The average Bonchev–Trinajstić information content (AvgIpc) is 3.24. The van der Waals surface area contributed by atoms with E-state index in [4.69, 9.17) is 27.6 Å². The molecule has 1 atom stereocenters. The first-order valence-corrected chi connectivity index (χ1v) is 10.4. The Morgan fingerprint density at radius 3 is 2.70 bits per heavy atom. The van der Waals surface area contributed by atoms with Gasteiger partial charge in [0.1, 0.15) is 11.6 Å². The molecule has 1 N–H and O–H groups in total. The van der Waals surface area contributed by atoms with E-state index in [2.05, 4.69) is 23.1 Å². The van der Waals surface area contributed by atoms with E-state index >= 15 is 0 Å². The third-order valence-electron chi connectivity index (χ3n) is 4.37. The summed E-state index contributed by atoms with van der Waals surface area (Å²) in [5.74, 6) is -0.614. The Hall–Kier alpha value is -2.79. The Balaban J connectivity index is 1.96. The molecule has 2 aromatic rings. The zero-order valence-corrected chi connectivity index (χ0v) is 18.1. The first-order chi connectivity index (χ1) is 14.4. The van der Waals surface area contributed by atoms with Gasteiger partial charge in [-0.05, 0) is 44.0 Å². The SMILES string of the molecule is C=NC1=C(C(C)=O)C(c2ccco2)C(C#N)=C(SCC(=O)c2ccc(Cl)cc2Cl)N1. The highest BCUT2D eigenvalue weighted by molar-refractivity contribution is 8.03. The van der Waals surface area contributed by atoms with E-state index in [9.17, 15) is 14.9 Å². The summed E-state index contributed by atoms with van der Waals surface area (Å²) in [6.45, 7) is 4.90. The summed E-state index contributed by atoms with van der Waals surface area (Å²) in [5, 5.41) is 13.9. The van der Waals surface area contributed by atoms with Crippen LogP contribution in [0.15, 0.2) is 68.0 Å². The number of benzene rings is 1. The number of ketones is 2. The molecule has 1 aliphatic rings. The van der Waals surface area contributed by atoms with Gasteiger partial charge in [-0.25, -0.2) is 4.99 Å². The maximum Gasteiger partial charge on any atom is 0.174 e. The Kier molecular flexibility index (Phi) is 6.83. The molecule has 1 aromatic heterocycles. The predicted octanol–water partition coefficient (Wildman–Crippen LogP) is 5.13. The number of halogens is 2. The summed E-state index contributed by atoms with van der Waals surface area (Å²) in [6, 6.07) is 10.1. The van der Waals surface area contributed by atoms with Gasteiger partial charge in [0.2, 0.25) is 0 Å². The molecule has 0 amide bonds. The molecule has 1 unspecified atom stereocenters. The molecule has 0 spiro atoms. The molecule has 0 aliphatic carbocycles. The number of aliphatic imine (C=N–C) groups is 1. The normalized spacial score (nSPS) is 16.1. The number of nitrogens with zero attached hydrogens (tertiary/aromatic N) is 2. The monoisotopic (exact) mass is 459 g/mol. The van der Waals surface area contributed by atoms with E-state index < -0.39 is 5.92 Å². The zero-order chi connectivity index (χ0) is 21.8. The second-order valence-electron chi connectivity index (χ2n) is 6.24. The van der Waals surface area contributed by atoms with Crippen molar-refractivity contribution in [1.29, 1.82) is 5.26 Å². The molecule has 1 aliphatic heterocycles. The molecule has 152 valence electrons. The highest BCUT2D eigenvalue weighted by Gasteiger charge is 2.36. The number of rotatable bonds is 7. The van der Waals surface area contributed by atoms with Crippen LogP contribution in [0.4, 0.5) is 0 Å². The molecule has 2 heterocycles. The first kappa shape index (κ1) is 21.9. The zero-order valence-electron chi connectivity index (χ0n) is 15.7. The molecule has 6 nitrogen and oxygen atoms in total. The Bertz CT molecular complexity index is 1130. The van der Waals surface area contributed by atoms with Crippen molar-refractivity contribution in [3.05, 3.63) is 80.0 Å². The Morgan fingerprint density at radius 1 is 1.37 bits per heavy atom. The lowest BCUT2D eigenvalue weighted by Crippen LogP contribution is -2.27. The van der Waals surface area contributed by atoms with Crippen LogP contribution in [-0.4, -0.2) is 24.0 Å². The van der Waals surface area contributed by atoms with Crippen molar-refractivity contribution in [2.75, 3.05) is 5.75 Å². The number of allylic oxidation sites excluding steroid dienone is 2. The van der Waals surface area contributed by atoms with Crippen LogP contribution in [0.2, 0.25) is 10.0 Å². The molecule has 30 heavy (non-hydrogen) atoms. The van der Waals surface area contributed by atoms with Crippen LogP contribution in [0, 0.1) is 11.3 Å². The number of nitriles is 1. The van der Waals surface area contributed by atoms with Crippen LogP contribution in [0.5, 0.6) is 0 Å². The maximum atomic E-state index is 12.6. The van der Waals surface area contributed by atoms with Gasteiger partial charge in [0.15, 0.2) is 11.6 Å². The van der Waals surface area contributed by atoms with Crippen molar-refractivity contribution in [1.82, 2.24) is 5.32 Å². The third kappa shape index (κ3) is 4.36. The standard InChI is InChI=1S/C21H15Cl2N3O3S/c1-11(27)18-19(17-4-3-7-29-17)14(9-24)21(26-20(18)25-2)30-10-16(28)13-6-5-12(22)8-15(13)23/h3-8,19,26H,2,10H2,1H3. The van der Waals surface area contributed by atoms with Crippen molar-refractivity contribution >= 4 is 53.2 Å². The second kappa shape index (κ2) is 9.35. The molecule has 9 heteroatoms. The fourth-order valence-corrected chi connectivity index (χ4v) is 4.48. The number of dihydropyridines is 1. The number of nitrogens with one attached hydrogen (secondary N) is 1. The summed E-state index contributed by atoms with van der Waals surface area (Å²) in [5.41, 5.74) is 0.851. The molecule has 0 bridgehead atoms. The minimum Gasteiger partial charge on any atom is -0.468 e. The van der Waals surface area contributed by atoms with Crippen molar-refractivity contribution in [3.8, 4) is 6.07 Å².